The van der Waals surface area contributed by atoms with Crippen LogP contribution < -0.4 is 0 Å². The maximum absolute atomic E-state index is 12.4. The molecule has 1 atom stereocenters. The van der Waals surface area contributed by atoms with Gasteiger partial charge in [-0.3, -0.25) is 4.18 Å². The van der Waals surface area contributed by atoms with Gasteiger partial charge >= 0.3 is 6.18 Å². The molecule has 19 heavy (non-hydrogen) atoms. The summed E-state index contributed by atoms with van der Waals surface area (Å²) in [4.78, 5) is 0. The molecule has 1 aromatic carbocycles. The summed E-state index contributed by atoms with van der Waals surface area (Å²) in [5.74, 6) is 0. The highest BCUT2D eigenvalue weighted by molar-refractivity contribution is 7.86. The molecule has 0 aliphatic heterocycles. The molecule has 0 radical (unpaired) electrons. The third-order valence-electron chi connectivity index (χ3n) is 2.22. The van der Waals surface area contributed by atoms with E-state index in [1.807, 2.05) is 0 Å². The van der Waals surface area contributed by atoms with Gasteiger partial charge < -0.3 is 4.74 Å². The molecule has 0 aliphatic rings. The summed E-state index contributed by atoms with van der Waals surface area (Å²) < 4.78 is 68.8. The van der Waals surface area contributed by atoms with Gasteiger partial charge in [0.15, 0.2) is 0 Å². The Morgan fingerprint density at radius 1 is 1.21 bits per heavy atom. The molecule has 0 spiro atoms. The maximum Gasteiger partial charge on any atom is 0.416 e. The summed E-state index contributed by atoms with van der Waals surface area (Å²) in [6, 6.07) is 4.06. The third-order valence-corrected chi connectivity index (χ3v) is 2.80. The second-order valence-corrected chi connectivity index (χ2v) is 5.46. The Hall–Kier alpha value is -1.12. The zero-order chi connectivity index (χ0) is 14.7. The van der Waals surface area contributed by atoms with Crippen molar-refractivity contribution >= 4 is 10.1 Å². The van der Waals surface area contributed by atoms with Crippen molar-refractivity contribution in [3.63, 3.8) is 0 Å². The molecule has 1 aromatic rings. The van der Waals surface area contributed by atoms with E-state index in [0.717, 1.165) is 30.5 Å². The second-order valence-electron chi connectivity index (χ2n) is 3.86. The van der Waals surface area contributed by atoms with Crippen LogP contribution in [0.1, 0.15) is 17.2 Å². The first-order valence-electron chi connectivity index (χ1n) is 5.18. The molecule has 0 heterocycles. The number of halogens is 3. The van der Waals surface area contributed by atoms with E-state index in [-0.39, 0.29) is 6.61 Å². The van der Waals surface area contributed by atoms with Crippen molar-refractivity contribution in [2.45, 2.75) is 12.3 Å². The van der Waals surface area contributed by atoms with E-state index in [9.17, 15) is 21.6 Å². The van der Waals surface area contributed by atoms with E-state index in [1.165, 1.54) is 7.11 Å². The van der Waals surface area contributed by atoms with Crippen LogP contribution in [0.5, 0.6) is 0 Å². The Bertz CT molecular complexity index is 508. The van der Waals surface area contributed by atoms with Crippen molar-refractivity contribution < 1.29 is 30.5 Å². The third kappa shape index (κ3) is 5.17. The van der Waals surface area contributed by atoms with Crippen molar-refractivity contribution in [2.75, 3.05) is 20.0 Å². The number of hydrogen-bond donors (Lipinski definition) is 0. The Labute approximate surface area is 109 Å². The Morgan fingerprint density at radius 3 is 2.11 bits per heavy atom. The minimum Gasteiger partial charge on any atom is -0.382 e. The molecule has 108 valence electrons. The molecule has 1 rings (SSSR count). The molecule has 0 aliphatic carbocycles. The van der Waals surface area contributed by atoms with E-state index in [1.54, 1.807) is 0 Å². The fourth-order valence-corrected chi connectivity index (χ4v) is 2.02. The van der Waals surface area contributed by atoms with Gasteiger partial charge in [0.05, 0.1) is 18.4 Å². The maximum atomic E-state index is 12.4. The van der Waals surface area contributed by atoms with Crippen LogP contribution in [-0.4, -0.2) is 28.4 Å². The monoisotopic (exact) mass is 298 g/mol. The number of rotatable bonds is 5. The predicted molar refractivity (Wildman–Crippen MR) is 62.0 cm³/mol. The van der Waals surface area contributed by atoms with E-state index < -0.39 is 28.0 Å². The minimum absolute atomic E-state index is 0.0849. The minimum atomic E-state index is -4.44. The lowest BCUT2D eigenvalue weighted by Gasteiger charge is -2.16. The van der Waals surface area contributed by atoms with Gasteiger partial charge in [0.1, 0.15) is 6.10 Å². The van der Waals surface area contributed by atoms with Crippen LogP contribution in [-0.2, 0) is 25.2 Å². The van der Waals surface area contributed by atoms with Crippen LogP contribution in [0.3, 0.4) is 0 Å². The van der Waals surface area contributed by atoms with Gasteiger partial charge in [-0.1, -0.05) is 12.1 Å². The lowest BCUT2D eigenvalue weighted by atomic mass is 10.1. The van der Waals surface area contributed by atoms with E-state index in [0.29, 0.717) is 5.56 Å². The molecule has 0 unspecified atom stereocenters. The highest BCUT2D eigenvalue weighted by atomic mass is 32.2. The standard InChI is InChI=1S/C11H13F3O4S/c1-17-7-10(18-19(2,15)16)8-3-5-9(6-4-8)11(12,13)14/h3-6,10H,7H2,1-2H3/t10-/m0/s1. The van der Waals surface area contributed by atoms with Gasteiger partial charge in [-0.2, -0.15) is 21.6 Å². The van der Waals surface area contributed by atoms with Crippen molar-refractivity contribution in [1.29, 1.82) is 0 Å². The van der Waals surface area contributed by atoms with E-state index in [4.69, 9.17) is 8.92 Å². The molecule has 0 fully saturated rings. The summed E-state index contributed by atoms with van der Waals surface area (Å²) >= 11 is 0. The smallest absolute Gasteiger partial charge is 0.382 e. The van der Waals surface area contributed by atoms with Crippen LogP contribution in [0.15, 0.2) is 24.3 Å². The molecule has 0 saturated carbocycles. The first-order chi connectivity index (χ1) is 8.63. The average Bonchev–Trinajstić information content (AvgIpc) is 2.26. The average molecular weight is 298 g/mol. The van der Waals surface area contributed by atoms with Gasteiger partial charge in [-0.15, -0.1) is 0 Å². The Morgan fingerprint density at radius 2 is 1.74 bits per heavy atom. The topological polar surface area (TPSA) is 52.6 Å². The SMILES string of the molecule is COC[C@H](OS(C)(=O)=O)c1ccc(C(F)(F)F)cc1. The summed E-state index contributed by atoms with van der Waals surface area (Å²) in [6.45, 7) is -0.0849. The highest BCUT2D eigenvalue weighted by Gasteiger charge is 2.30. The van der Waals surface area contributed by atoms with Gasteiger partial charge in [0.2, 0.25) is 0 Å². The largest absolute Gasteiger partial charge is 0.416 e. The summed E-state index contributed by atoms with van der Waals surface area (Å²) in [5.41, 5.74) is -0.521. The predicted octanol–water partition coefficient (Wildman–Crippen LogP) is 2.37. The quantitative estimate of drug-likeness (QED) is 0.783. The molecular weight excluding hydrogens is 285 g/mol. The van der Waals surface area contributed by atoms with Crippen molar-refractivity contribution in [1.82, 2.24) is 0 Å². The summed E-state index contributed by atoms with van der Waals surface area (Å²) in [6.07, 6.45) is -4.55. The molecule has 8 heteroatoms. The second kappa shape index (κ2) is 5.89. The number of methoxy groups -OCH3 is 1. The van der Waals surface area contributed by atoms with Crippen molar-refractivity contribution in [2.24, 2.45) is 0 Å². The molecule has 0 saturated heterocycles. The summed E-state index contributed by atoms with van der Waals surface area (Å²) in [7, 11) is -2.40. The first-order valence-corrected chi connectivity index (χ1v) is 6.99. The lowest BCUT2D eigenvalue weighted by Crippen LogP contribution is -2.15. The normalized spacial score (nSPS) is 14.4. The lowest BCUT2D eigenvalue weighted by molar-refractivity contribution is -0.137. The van der Waals surface area contributed by atoms with Crippen LogP contribution >= 0.6 is 0 Å². The number of hydrogen-bond acceptors (Lipinski definition) is 4. The first kappa shape index (κ1) is 15.9. The van der Waals surface area contributed by atoms with Gasteiger partial charge in [-0.05, 0) is 17.7 Å². The van der Waals surface area contributed by atoms with Gasteiger partial charge in [0, 0.05) is 7.11 Å². The van der Waals surface area contributed by atoms with Crippen LogP contribution in [0, 0.1) is 0 Å². The van der Waals surface area contributed by atoms with E-state index in [2.05, 4.69) is 0 Å². The fraction of sp³-hybridized carbons (Fsp3) is 0.455. The van der Waals surface area contributed by atoms with Crippen LogP contribution in [0.25, 0.3) is 0 Å². The number of ether oxygens (including phenoxy) is 1. The van der Waals surface area contributed by atoms with Crippen molar-refractivity contribution in [3.8, 4) is 0 Å². The molecule has 4 nitrogen and oxygen atoms in total. The fourth-order valence-electron chi connectivity index (χ4n) is 1.43. The van der Waals surface area contributed by atoms with Gasteiger partial charge in [-0.25, -0.2) is 0 Å². The zero-order valence-corrected chi connectivity index (χ0v) is 11.1. The van der Waals surface area contributed by atoms with Crippen molar-refractivity contribution in [3.05, 3.63) is 35.4 Å². The van der Waals surface area contributed by atoms with Crippen LogP contribution in [0.2, 0.25) is 0 Å². The molecule has 0 amide bonds. The van der Waals surface area contributed by atoms with Gasteiger partial charge in [0.25, 0.3) is 10.1 Å². The summed E-state index contributed by atoms with van der Waals surface area (Å²) in [5, 5.41) is 0. The number of benzene rings is 1. The molecule has 0 N–H and O–H groups in total. The molecule has 0 aromatic heterocycles. The molecule has 0 bridgehead atoms. The highest BCUT2D eigenvalue weighted by Crippen LogP contribution is 2.30. The number of alkyl halides is 3. The Kier molecular flexibility index (Phi) is 4.94. The van der Waals surface area contributed by atoms with Crippen LogP contribution in [0.4, 0.5) is 13.2 Å². The Balaban J connectivity index is 2.98. The zero-order valence-electron chi connectivity index (χ0n) is 10.3. The van der Waals surface area contributed by atoms with E-state index >= 15 is 0 Å². The molecular formula is C11H13F3O4S.